The van der Waals surface area contributed by atoms with Crippen LogP contribution in [0.5, 0.6) is 5.75 Å². The van der Waals surface area contributed by atoms with E-state index >= 15 is 0 Å². The van der Waals surface area contributed by atoms with E-state index in [9.17, 15) is 13.5 Å². The molecule has 10 nitrogen and oxygen atoms in total. The number of benzene rings is 1. The Morgan fingerprint density at radius 1 is 1.29 bits per heavy atom. The SMILES string of the molecule is CC(CCOCCCn1cc(-c2nn(C3CCCCO3)c3ccc(O)cc23)cn1)CS(=O)(=O)O. The summed E-state index contributed by atoms with van der Waals surface area (Å²) in [6, 6.07) is 5.27. The Bertz CT molecular complexity index is 1200. The Morgan fingerprint density at radius 3 is 2.91 bits per heavy atom. The van der Waals surface area contributed by atoms with Crippen LogP contribution in [0.1, 0.15) is 45.3 Å². The normalized spacial score (nSPS) is 17.9. The number of phenolic OH excluding ortho intramolecular Hbond substituents is 1. The third-order valence-corrected chi connectivity index (χ3v) is 6.94. The van der Waals surface area contributed by atoms with Crippen molar-refractivity contribution in [2.24, 2.45) is 5.92 Å². The zero-order valence-electron chi connectivity index (χ0n) is 19.3. The number of nitrogens with zero attached hydrogens (tertiary/aromatic N) is 4. The van der Waals surface area contributed by atoms with Crippen molar-refractivity contribution in [2.45, 2.75) is 51.8 Å². The highest BCUT2D eigenvalue weighted by molar-refractivity contribution is 7.85. The number of aromatic hydroxyl groups is 1. The van der Waals surface area contributed by atoms with Gasteiger partial charge in [0.2, 0.25) is 0 Å². The summed E-state index contributed by atoms with van der Waals surface area (Å²) < 4.78 is 45.9. The van der Waals surface area contributed by atoms with Gasteiger partial charge in [-0.05, 0) is 56.2 Å². The minimum Gasteiger partial charge on any atom is -0.508 e. The van der Waals surface area contributed by atoms with Crippen LogP contribution in [0.4, 0.5) is 0 Å². The lowest BCUT2D eigenvalue weighted by atomic mass is 10.1. The van der Waals surface area contributed by atoms with Crippen LogP contribution in [0, 0.1) is 5.92 Å². The molecule has 1 saturated heterocycles. The fourth-order valence-corrected chi connectivity index (χ4v) is 5.13. The number of ether oxygens (including phenoxy) is 2. The molecule has 1 aliphatic rings. The topological polar surface area (TPSA) is 129 Å². The van der Waals surface area contributed by atoms with Crippen molar-refractivity contribution < 1.29 is 27.6 Å². The van der Waals surface area contributed by atoms with E-state index in [0.717, 1.165) is 54.5 Å². The van der Waals surface area contributed by atoms with Crippen LogP contribution in [0.2, 0.25) is 0 Å². The van der Waals surface area contributed by atoms with E-state index in [-0.39, 0.29) is 23.6 Å². The van der Waals surface area contributed by atoms with Gasteiger partial charge in [0.15, 0.2) is 6.23 Å². The Labute approximate surface area is 199 Å². The summed E-state index contributed by atoms with van der Waals surface area (Å²) in [6.45, 7) is 4.12. The molecule has 2 N–H and O–H groups in total. The van der Waals surface area contributed by atoms with E-state index in [0.29, 0.717) is 26.2 Å². The molecule has 1 aromatic carbocycles. The van der Waals surface area contributed by atoms with Gasteiger partial charge in [-0.25, -0.2) is 4.68 Å². The minimum absolute atomic E-state index is 0.109. The van der Waals surface area contributed by atoms with Crippen LogP contribution in [0.3, 0.4) is 0 Å². The lowest BCUT2D eigenvalue weighted by Crippen LogP contribution is -2.19. The molecule has 0 radical (unpaired) electrons. The number of fused-ring (bicyclic) bond motifs is 1. The summed E-state index contributed by atoms with van der Waals surface area (Å²) in [7, 11) is -3.94. The number of aryl methyl sites for hydroxylation is 1. The average molecular weight is 493 g/mol. The molecule has 0 saturated carbocycles. The van der Waals surface area contributed by atoms with E-state index in [1.165, 1.54) is 0 Å². The molecular weight excluding hydrogens is 460 g/mol. The Kier molecular flexibility index (Phi) is 7.87. The van der Waals surface area contributed by atoms with Crippen LogP contribution in [-0.2, 0) is 26.1 Å². The molecule has 2 aromatic heterocycles. The first-order chi connectivity index (χ1) is 16.3. The van der Waals surface area contributed by atoms with Crippen molar-refractivity contribution in [3.63, 3.8) is 0 Å². The summed E-state index contributed by atoms with van der Waals surface area (Å²) in [6.07, 6.45) is 7.98. The van der Waals surface area contributed by atoms with Gasteiger partial charge in [0, 0.05) is 43.5 Å². The zero-order chi connectivity index (χ0) is 24.1. The summed E-state index contributed by atoms with van der Waals surface area (Å²) >= 11 is 0. The average Bonchev–Trinajstić information content (AvgIpc) is 3.40. The maximum absolute atomic E-state index is 10.9. The third kappa shape index (κ3) is 6.35. The molecule has 4 rings (SSSR count). The molecule has 0 amide bonds. The molecule has 3 heterocycles. The van der Waals surface area contributed by atoms with E-state index in [4.69, 9.17) is 19.1 Å². The van der Waals surface area contributed by atoms with Gasteiger partial charge in [0.05, 0.1) is 17.5 Å². The largest absolute Gasteiger partial charge is 0.508 e. The van der Waals surface area contributed by atoms with Crippen LogP contribution < -0.4 is 0 Å². The van der Waals surface area contributed by atoms with Crippen LogP contribution >= 0.6 is 0 Å². The van der Waals surface area contributed by atoms with E-state index < -0.39 is 10.1 Å². The highest BCUT2D eigenvalue weighted by Crippen LogP contribution is 2.34. The minimum atomic E-state index is -3.94. The van der Waals surface area contributed by atoms with Crippen LogP contribution in [-0.4, -0.2) is 63.2 Å². The quantitative estimate of drug-likeness (QED) is 0.307. The van der Waals surface area contributed by atoms with Gasteiger partial charge >= 0.3 is 0 Å². The summed E-state index contributed by atoms with van der Waals surface area (Å²) in [4.78, 5) is 0. The number of hydrogen-bond acceptors (Lipinski definition) is 7. The molecule has 1 aliphatic heterocycles. The number of aromatic nitrogens is 4. The second-order valence-corrected chi connectivity index (χ2v) is 10.4. The second kappa shape index (κ2) is 10.9. The molecule has 2 atom stereocenters. The Hall–Kier alpha value is -2.47. The predicted molar refractivity (Wildman–Crippen MR) is 127 cm³/mol. The Balaban J connectivity index is 1.35. The smallest absolute Gasteiger partial charge is 0.265 e. The van der Waals surface area contributed by atoms with Crippen molar-refractivity contribution in [2.75, 3.05) is 25.6 Å². The molecule has 0 bridgehead atoms. The van der Waals surface area contributed by atoms with Gasteiger partial charge in [0.1, 0.15) is 11.4 Å². The van der Waals surface area contributed by atoms with E-state index in [2.05, 4.69) is 5.10 Å². The molecule has 3 aromatic rings. The van der Waals surface area contributed by atoms with Gasteiger partial charge in [-0.3, -0.25) is 9.23 Å². The summed E-state index contributed by atoms with van der Waals surface area (Å²) in [5, 5.41) is 20.2. The molecule has 1 fully saturated rings. The first kappa shape index (κ1) is 24.6. The first-order valence-corrected chi connectivity index (χ1v) is 13.3. The lowest BCUT2D eigenvalue weighted by Gasteiger charge is -2.23. The fourth-order valence-electron chi connectivity index (χ4n) is 4.24. The number of rotatable bonds is 11. The van der Waals surface area contributed by atoms with Crippen molar-refractivity contribution in [3.05, 3.63) is 30.6 Å². The van der Waals surface area contributed by atoms with Crippen molar-refractivity contribution >= 4 is 21.0 Å². The van der Waals surface area contributed by atoms with Crippen LogP contribution in [0.25, 0.3) is 22.2 Å². The van der Waals surface area contributed by atoms with Crippen molar-refractivity contribution in [1.82, 2.24) is 19.6 Å². The number of phenols is 1. The van der Waals surface area contributed by atoms with E-state index in [1.54, 1.807) is 25.3 Å². The third-order valence-electron chi connectivity index (χ3n) is 5.95. The van der Waals surface area contributed by atoms with E-state index in [1.807, 2.05) is 21.6 Å². The standard InChI is InChI=1S/C23H32N4O6S/c1-17(16-34(29,30)31)8-12-32-10-4-9-26-15-18(14-24-26)23-20-13-19(28)6-7-21(20)27(25-23)22-5-2-3-11-33-22/h6-7,13-15,17,22,28H,2-5,8-12,16H2,1H3,(H,29,30,31). The molecule has 186 valence electrons. The molecule has 2 unspecified atom stereocenters. The fraction of sp³-hybridized carbons (Fsp3) is 0.565. The predicted octanol–water partition coefficient (Wildman–Crippen LogP) is 3.63. The molecule has 34 heavy (non-hydrogen) atoms. The molecular formula is C23H32N4O6S. The van der Waals surface area contributed by atoms with Crippen molar-refractivity contribution in [1.29, 1.82) is 0 Å². The van der Waals surface area contributed by atoms with Crippen molar-refractivity contribution in [3.8, 4) is 17.0 Å². The highest BCUT2D eigenvalue weighted by atomic mass is 32.2. The summed E-state index contributed by atoms with van der Waals surface area (Å²) in [5.41, 5.74) is 2.55. The molecule has 0 spiro atoms. The lowest BCUT2D eigenvalue weighted by molar-refractivity contribution is -0.0365. The Morgan fingerprint density at radius 2 is 2.15 bits per heavy atom. The second-order valence-electron chi connectivity index (χ2n) is 8.92. The highest BCUT2D eigenvalue weighted by Gasteiger charge is 2.22. The van der Waals surface area contributed by atoms with Gasteiger partial charge in [-0.1, -0.05) is 6.92 Å². The van der Waals surface area contributed by atoms with Gasteiger partial charge < -0.3 is 14.6 Å². The van der Waals surface area contributed by atoms with Gasteiger partial charge in [-0.15, -0.1) is 0 Å². The zero-order valence-corrected chi connectivity index (χ0v) is 20.2. The molecule has 0 aliphatic carbocycles. The van der Waals surface area contributed by atoms with Gasteiger partial charge in [-0.2, -0.15) is 18.6 Å². The maximum atomic E-state index is 10.9. The first-order valence-electron chi connectivity index (χ1n) is 11.7. The molecule has 11 heteroatoms. The van der Waals surface area contributed by atoms with Crippen LogP contribution in [0.15, 0.2) is 30.6 Å². The summed E-state index contributed by atoms with van der Waals surface area (Å²) in [5.74, 6) is -0.216. The monoisotopic (exact) mass is 492 g/mol. The number of hydrogen-bond donors (Lipinski definition) is 2. The van der Waals surface area contributed by atoms with Gasteiger partial charge in [0.25, 0.3) is 10.1 Å². The maximum Gasteiger partial charge on any atom is 0.265 e.